The van der Waals surface area contributed by atoms with Crippen molar-refractivity contribution in [1.29, 1.82) is 0 Å². The van der Waals surface area contributed by atoms with Gasteiger partial charge in [0.25, 0.3) is 20.2 Å². The van der Waals surface area contributed by atoms with Crippen molar-refractivity contribution in [3.63, 3.8) is 0 Å². The fraction of sp³-hybridized carbons (Fsp3) is 0. The van der Waals surface area contributed by atoms with E-state index in [0.717, 1.165) is 41.8 Å². The number of nitrogens with zero attached hydrogens (tertiary/aromatic N) is 4. The van der Waals surface area contributed by atoms with Crippen LogP contribution >= 0.6 is 0 Å². The molecule has 0 heterocycles. The lowest BCUT2D eigenvalue weighted by Gasteiger charge is -2.14. The molecule has 0 saturated carbocycles. The Kier molecular flexibility index (Phi) is 10.8. The number of phenols is 1. The van der Waals surface area contributed by atoms with Crippen molar-refractivity contribution in [2.75, 3.05) is 5.73 Å². The second-order valence-corrected chi connectivity index (χ2v) is 15.7. The number of phenolic OH excluding ortho intramolecular Hbond substituents is 1. The molecule has 0 atom stereocenters. The minimum absolute atomic E-state index is 0.00229. The van der Waals surface area contributed by atoms with Crippen LogP contribution in [0, 0.1) is 0 Å². The van der Waals surface area contributed by atoms with Crippen LogP contribution in [0.15, 0.2) is 144 Å². The van der Waals surface area contributed by atoms with Gasteiger partial charge in [0.1, 0.15) is 21.2 Å². The fourth-order valence-electron chi connectivity index (χ4n) is 3.80. The second-order valence-electron chi connectivity index (χ2n) is 9.14. The zero-order valence-electron chi connectivity index (χ0n) is 24.4. The Morgan fingerprint density at radius 1 is 0.729 bits per heavy atom. The summed E-state index contributed by atoms with van der Waals surface area (Å²) in [5.74, 6) is -1.04. The molecule has 0 aliphatic carbocycles. The van der Waals surface area contributed by atoms with E-state index in [1.54, 1.807) is 0 Å². The highest BCUT2D eigenvalue weighted by molar-refractivity contribution is 7.98. The Bertz CT molecular complexity index is 2450. The van der Waals surface area contributed by atoms with Crippen LogP contribution in [0.3, 0.4) is 0 Å². The molecule has 0 radical (unpaired) electrons. The third-order valence-electron chi connectivity index (χ3n) is 6.16. The lowest BCUT2D eigenvalue weighted by atomic mass is 10.1. The summed E-state index contributed by atoms with van der Waals surface area (Å²) in [6, 6.07) is 6.13. The number of azo groups is 2. The largest absolute Gasteiger partial charge is 0.505 e. The highest BCUT2D eigenvalue weighted by Gasteiger charge is 2.28. The van der Waals surface area contributed by atoms with Gasteiger partial charge in [0.2, 0.25) is 0 Å². The summed E-state index contributed by atoms with van der Waals surface area (Å²) < 4.78 is 117. The number of aromatic hydroxyl groups is 1. The number of hydrogen-bond donors (Lipinski definition) is 4. The summed E-state index contributed by atoms with van der Waals surface area (Å²) in [5, 5.41) is 26.7. The Morgan fingerprint density at radius 3 is 1.77 bits per heavy atom. The number of nitrogen functional groups attached to an aromatic ring is 1. The second kappa shape index (κ2) is 13.9. The summed E-state index contributed by atoms with van der Waals surface area (Å²) >= 11 is 0. The van der Waals surface area contributed by atoms with Crippen molar-refractivity contribution in [2.45, 2.75) is 14.7 Å². The van der Waals surface area contributed by atoms with Gasteiger partial charge in [-0.1, -0.05) is 32.4 Å². The van der Waals surface area contributed by atoms with E-state index in [1.165, 1.54) is 12.1 Å². The molecule has 20 heteroatoms. The van der Waals surface area contributed by atoms with Crippen LogP contribution < -0.4 is 5.73 Å². The van der Waals surface area contributed by atoms with Gasteiger partial charge in [-0.15, -0.1) is 10.2 Å². The quantitative estimate of drug-likeness (QED) is 0.0708. The van der Waals surface area contributed by atoms with Gasteiger partial charge >= 0.3 is 0 Å². The maximum absolute atomic E-state index is 12.3. The predicted octanol–water partition coefficient (Wildman–Crippen LogP) is 5.74. The molecular weight excluding hydrogens is 711 g/mol. The van der Waals surface area contributed by atoms with E-state index in [2.05, 4.69) is 46.8 Å². The fourth-order valence-corrected chi connectivity index (χ4v) is 6.52. The molecule has 3 aromatic rings. The average molecular weight is 736 g/mol. The van der Waals surface area contributed by atoms with Gasteiger partial charge in [-0.2, -0.15) is 27.1 Å². The zero-order chi connectivity index (χ0) is 36.2. The Balaban J connectivity index is 2.33. The summed E-state index contributed by atoms with van der Waals surface area (Å²) in [7, 11) is -18.0. The van der Waals surface area contributed by atoms with Crippen LogP contribution in [-0.2, 0) is 39.9 Å². The van der Waals surface area contributed by atoms with Crippen LogP contribution in [0.2, 0.25) is 0 Å². The minimum atomic E-state index is -5.21. The van der Waals surface area contributed by atoms with Gasteiger partial charge < -0.3 is 10.8 Å². The molecule has 3 rings (SSSR count). The molecule has 0 amide bonds. The Hall–Kier alpha value is -5.12. The van der Waals surface area contributed by atoms with Gasteiger partial charge in [0.05, 0.1) is 32.3 Å². The molecule has 16 nitrogen and oxygen atoms in total. The first-order valence-corrected chi connectivity index (χ1v) is 18.6. The van der Waals surface area contributed by atoms with Crippen LogP contribution in [0.4, 0.5) is 22.7 Å². The first-order chi connectivity index (χ1) is 22.2. The van der Waals surface area contributed by atoms with E-state index in [-0.39, 0.29) is 21.2 Å². The number of nitrogens with two attached hydrogens (primary N) is 1. The SMILES string of the molecule is C=CC(=C\C=C(/C=C)S(=O)(=O)C=C)/N=N/c1c(S(=O)(=O)O)cc2cc(S(=O)(=O)O)c(/N=N/c3ccc(S(=O)(=O)C=C)cc3)c(N)c2c1O. The van der Waals surface area contributed by atoms with E-state index < -0.39 is 83.3 Å². The molecule has 0 aliphatic heterocycles. The first kappa shape index (κ1) is 37.3. The summed E-state index contributed by atoms with van der Waals surface area (Å²) in [4.78, 5) is -2.47. The highest BCUT2D eigenvalue weighted by Crippen LogP contribution is 2.48. The van der Waals surface area contributed by atoms with Crippen molar-refractivity contribution in [2.24, 2.45) is 20.5 Å². The van der Waals surface area contributed by atoms with Crippen LogP contribution in [0.5, 0.6) is 5.75 Å². The Morgan fingerprint density at radius 2 is 1.29 bits per heavy atom. The van der Waals surface area contributed by atoms with Gasteiger partial charge in [-0.25, -0.2) is 16.8 Å². The minimum Gasteiger partial charge on any atom is -0.505 e. The predicted molar refractivity (Wildman–Crippen MR) is 178 cm³/mol. The molecule has 0 aliphatic rings. The monoisotopic (exact) mass is 735 g/mol. The normalized spacial score (nSPS) is 13.6. The molecule has 0 fully saturated rings. The van der Waals surface area contributed by atoms with E-state index in [0.29, 0.717) is 17.5 Å². The molecule has 0 spiro atoms. The molecule has 0 saturated heterocycles. The molecule has 0 aromatic heterocycles. The van der Waals surface area contributed by atoms with Crippen molar-refractivity contribution in [3.8, 4) is 5.75 Å². The standard InChI is InChI=1S/C28H25N5O11S4/c1-5-18(9-12-20(6-2)45(35,36)7-3)30-33-27-23(48(42,43)44)16-17-15-22(47(39,40)41)26(25(29)24(17)28(27)34)32-31-19-10-13-21(14-11-19)46(37,38)8-4/h5-16,34H,1-4,29H2,(H,39,40,41)(H,42,43,44)/b18-9+,20-12+,32-31+,33-30+. The molecule has 5 N–H and O–H groups in total. The molecule has 3 aromatic carbocycles. The number of sulfone groups is 2. The van der Waals surface area contributed by atoms with Gasteiger partial charge in [0.15, 0.2) is 25.4 Å². The maximum atomic E-state index is 12.3. The van der Waals surface area contributed by atoms with E-state index >= 15 is 0 Å². The number of benzene rings is 3. The average Bonchev–Trinajstić information content (AvgIpc) is 3.01. The summed E-state index contributed by atoms with van der Waals surface area (Å²) in [6.45, 7) is 13.3. The molecular formula is C28H25N5O11S4. The van der Waals surface area contributed by atoms with Crippen LogP contribution in [0.1, 0.15) is 0 Å². The first-order valence-electron chi connectivity index (χ1n) is 12.6. The van der Waals surface area contributed by atoms with Gasteiger partial charge in [0, 0.05) is 10.8 Å². The lowest BCUT2D eigenvalue weighted by Crippen LogP contribution is -2.03. The van der Waals surface area contributed by atoms with Crippen molar-refractivity contribution in [1.82, 2.24) is 0 Å². The maximum Gasteiger partial charge on any atom is 0.296 e. The van der Waals surface area contributed by atoms with Crippen LogP contribution in [0.25, 0.3) is 10.8 Å². The number of anilines is 1. The zero-order valence-corrected chi connectivity index (χ0v) is 27.6. The van der Waals surface area contributed by atoms with Gasteiger partial charge in [-0.05, 0) is 60.0 Å². The van der Waals surface area contributed by atoms with Crippen molar-refractivity contribution < 1.29 is 47.9 Å². The van der Waals surface area contributed by atoms with Crippen molar-refractivity contribution in [3.05, 3.63) is 108 Å². The highest BCUT2D eigenvalue weighted by atomic mass is 32.2. The van der Waals surface area contributed by atoms with Crippen molar-refractivity contribution >= 4 is 73.4 Å². The smallest absolute Gasteiger partial charge is 0.296 e. The lowest BCUT2D eigenvalue weighted by molar-refractivity contribution is 0.472. The summed E-state index contributed by atoms with van der Waals surface area (Å²) in [5.41, 5.74) is 3.72. The number of rotatable bonds is 13. The molecule has 0 bridgehead atoms. The van der Waals surface area contributed by atoms with Crippen LogP contribution in [-0.4, -0.2) is 47.9 Å². The number of fused-ring (bicyclic) bond motifs is 1. The third kappa shape index (κ3) is 8.05. The topological polar surface area (TPSA) is 273 Å². The molecule has 0 unspecified atom stereocenters. The van der Waals surface area contributed by atoms with E-state index in [4.69, 9.17) is 5.73 Å². The molecule has 252 valence electrons. The van der Waals surface area contributed by atoms with Gasteiger partial charge in [-0.3, -0.25) is 9.11 Å². The van der Waals surface area contributed by atoms with E-state index in [9.17, 15) is 47.9 Å². The number of allylic oxidation sites excluding steroid dienone is 4. The van der Waals surface area contributed by atoms with E-state index in [1.807, 2.05) is 0 Å². The molecule has 48 heavy (non-hydrogen) atoms. The number of hydrogen-bond acceptors (Lipinski definition) is 14. The third-order valence-corrected chi connectivity index (χ3v) is 10.7. The summed E-state index contributed by atoms with van der Waals surface area (Å²) in [6.07, 6.45) is 4.25. The Labute approximate surface area is 275 Å².